The molecule has 0 radical (unpaired) electrons. The van der Waals surface area contributed by atoms with Crippen LogP contribution in [0.2, 0.25) is 20.1 Å². The number of fused-ring (bicyclic) bond motifs is 2. The van der Waals surface area contributed by atoms with E-state index in [9.17, 15) is 4.79 Å². The summed E-state index contributed by atoms with van der Waals surface area (Å²) in [5.41, 5.74) is 4.34. The van der Waals surface area contributed by atoms with Gasteiger partial charge in [0.05, 0.1) is 0 Å². The van der Waals surface area contributed by atoms with Crippen molar-refractivity contribution in [3.05, 3.63) is 139 Å². The smallest absolute Gasteiger partial charge is 0.164 e. The van der Waals surface area contributed by atoms with E-state index in [-0.39, 0.29) is 41.8 Å². The zero-order chi connectivity index (χ0) is 26.4. The van der Waals surface area contributed by atoms with Gasteiger partial charge in [0.2, 0.25) is 0 Å². The van der Waals surface area contributed by atoms with Gasteiger partial charge >= 0.3 is 0 Å². The van der Waals surface area contributed by atoms with Crippen LogP contribution in [0.5, 0.6) is 0 Å². The molecular formula is C31H26Cl4N2O+2. The average molecular weight is 584 g/mol. The van der Waals surface area contributed by atoms with E-state index in [0.717, 1.165) is 22.3 Å². The predicted octanol–water partition coefficient (Wildman–Crippen LogP) is 6.52. The highest BCUT2D eigenvalue weighted by atomic mass is 35.5. The second-order valence-electron chi connectivity index (χ2n) is 10.1. The Balaban J connectivity index is 1.51. The highest BCUT2D eigenvalue weighted by Crippen LogP contribution is 2.45. The Kier molecular flexibility index (Phi) is 7.26. The molecule has 0 amide bonds. The van der Waals surface area contributed by atoms with Gasteiger partial charge in [-0.05, 0) is 48.5 Å². The number of hydrogen-bond acceptors (Lipinski definition) is 1. The Hall–Kier alpha value is -2.37. The largest absolute Gasteiger partial charge is 0.332 e. The molecule has 0 spiro atoms. The van der Waals surface area contributed by atoms with Crippen LogP contribution < -0.4 is 10.6 Å². The van der Waals surface area contributed by atoms with Crippen LogP contribution in [0.15, 0.2) is 97.1 Å². The third kappa shape index (κ3) is 4.88. The molecule has 2 saturated heterocycles. The normalized spacial score (nSPS) is 26.8. The molecule has 2 unspecified atom stereocenters. The van der Waals surface area contributed by atoms with Crippen molar-refractivity contribution in [2.24, 2.45) is 11.8 Å². The Morgan fingerprint density at radius 1 is 0.395 bits per heavy atom. The predicted molar refractivity (Wildman–Crippen MR) is 153 cm³/mol. The molecule has 0 aliphatic carbocycles. The molecule has 2 bridgehead atoms. The molecule has 6 atom stereocenters. The maximum atomic E-state index is 14.7. The highest BCUT2D eigenvalue weighted by molar-refractivity contribution is 6.31. The van der Waals surface area contributed by atoms with Crippen LogP contribution in [-0.4, -0.2) is 5.78 Å². The monoisotopic (exact) mass is 582 g/mol. The standard InChI is InChI=1S/C31H24Cl4N2O/c32-21-9-1-17(2-10-21)27-25-28(18-3-11-22(33)12-4-18)37-30(20-7-15-24(35)16-8-20)26(31(25)38)29(36-27)19-5-13-23(34)14-6-19/h1-16,25-30,36-37H/p+2/t25?,26?,27-,28+,29+,30-. The van der Waals surface area contributed by atoms with E-state index in [1.807, 2.05) is 97.1 Å². The number of quaternary nitrogens is 2. The first-order valence-electron chi connectivity index (χ1n) is 12.6. The van der Waals surface area contributed by atoms with Crippen LogP contribution in [-0.2, 0) is 4.79 Å². The van der Waals surface area contributed by atoms with E-state index in [1.165, 1.54) is 0 Å². The maximum Gasteiger partial charge on any atom is 0.164 e. The van der Waals surface area contributed by atoms with Crippen molar-refractivity contribution in [1.29, 1.82) is 0 Å². The van der Waals surface area contributed by atoms with Crippen LogP contribution in [0.25, 0.3) is 0 Å². The third-order valence-corrected chi connectivity index (χ3v) is 9.06. The molecule has 3 nitrogen and oxygen atoms in total. The summed E-state index contributed by atoms with van der Waals surface area (Å²) in [6, 6.07) is 31.2. The Bertz CT molecular complexity index is 1230. The Morgan fingerprint density at radius 2 is 0.605 bits per heavy atom. The summed E-state index contributed by atoms with van der Waals surface area (Å²) < 4.78 is 0. The minimum Gasteiger partial charge on any atom is -0.332 e. The van der Waals surface area contributed by atoms with Gasteiger partial charge in [0.25, 0.3) is 0 Å². The molecule has 192 valence electrons. The third-order valence-electron chi connectivity index (χ3n) is 8.05. The fourth-order valence-electron chi connectivity index (χ4n) is 6.32. The number of rotatable bonds is 4. The Morgan fingerprint density at radius 3 is 0.816 bits per heavy atom. The van der Waals surface area contributed by atoms with Gasteiger partial charge in [0.1, 0.15) is 36.0 Å². The fraction of sp³-hybridized carbons (Fsp3) is 0.194. The minimum absolute atomic E-state index is 0.0835. The van der Waals surface area contributed by atoms with Crippen LogP contribution >= 0.6 is 46.4 Å². The maximum absolute atomic E-state index is 14.7. The SMILES string of the molecule is O=C1C2[C@@H](c3ccc(Cl)cc3)[NH2+][C@@H](c3ccc(Cl)cc3)C1[C@@H](c1ccc(Cl)cc1)[NH2+][C@H]2c1ccc(Cl)cc1. The molecule has 4 aromatic carbocycles. The average Bonchev–Trinajstić information content (AvgIpc) is 2.91. The van der Waals surface area contributed by atoms with Crippen molar-refractivity contribution in [2.45, 2.75) is 24.2 Å². The summed E-state index contributed by atoms with van der Waals surface area (Å²) in [6.07, 6.45) is 0. The van der Waals surface area contributed by atoms with E-state index >= 15 is 0 Å². The van der Waals surface area contributed by atoms with Gasteiger partial charge in [0, 0.05) is 42.3 Å². The number of halogens is 4. The molecule has 2 heterocycles. The van der Waals surface area contributed by atoms with Crippen molar-refractivity contribution in [3.8, 4) is 0 Å². The first-order valence-corrected chi connectivity index (χ1v) is 14.2. The van der Waals surface area contributed by atoms with Crippen molar-refractivity contribution >= 4 is 52.2 Å². The first kappa shape index (κ1) is 25.9. The summed E-state index contributed by atoms with van der Waals surface area (Å²) in [7, 11) is 0. The van der Waals surface area contributed by atoms with Crippen molar-refractivity contribution in [2.75, 3.05) is 0 Å². The summed E-state index contributed by atoms with van der Waals surface area (Å²) in [5, 5.41) is 7.46. The molecular weight excluding hydrogens is 558 g/mol. The lowest BCUT2D eigenvalue weighted by molar-refractivity contribution is -0.815. The van der Waals surface area contributed by atoms with Crippen LogP contribution in [0.3, 0.4) is 0 Å². The van der Waals surface area contributed by atoms with Crippen LogP contribution in [0.4, 0.5) is 0 Å². The van der Waals surface area contributed by atoms with Crippen LogP contribution in [0.1, 0.15) is 46.4 Å². The van der Waals surface area contributed by atoms with Gasteiger partial charge in [0.15, 0.2) is 5.78 Å². The lowest BCUT2D eigenvalue weighted by Crippen LogP contribution is -3.02. The number of ketones is 1. The second-order valence-corrected chi connectivity index (χ2v) is 11.9. The zero-order valence-electron chi connectivity index (χ0n) is 20.3. The number of carbonyl (C=O) groups excluding carboxylic acids is 1. The van der Waals surface area contributed by atoms with Crippen LogP contribution in [0, 0.1) is 11.8 Å². The van der Waals surface area contributed by atoms with E-state index in [4.69, 9.17) is 46.4 Å². The number of carbonyl (C=O) groups is 1. The molecule has 38 heavy (non-hydrogen) atoms. The summed E-state index contributed by atoms with van der Waals surface area (Å²) in [5.74, 6) is -0.210. The molecule has 2 aliphatic rings. The molecule has 6 rings (SSSR count). The summed E-state index contributed by atoms with van der Waals surface area (Å²) in [6.45, 7) is 0. The number of hydrogen-bond donors (Lipinski definition) is 2. The molecule has 4 N–H and O–H groups in total. The molecule has 4 aromatic rings. The number of piperidine rings is 2. The van der Waals surface area contributed by atoms with Gasteiger partial charge in [-0.15, -0.1) is 0 Å². The van der Waals surface area contributed by atoms with E-state index in [0.29, 0.717) is 20.1 Å². The molecule has 7 heteroatoms. The zero-order valence-corrected chi connectivity index (χ0v) is 23.3. The van der Waals surface area contributed by atoms with Crippen molar-refractivity contribution in [1.82, 2.24) is 0 Å². The Labute approximate surface area is 242 Å². The number of Topliss-reactive ketones (excluding diaryl/α,β-unsaturated/α-hetero) is 1. The molecule has 2 aliphatic heterocycles. The molecule has 0 saturated carbocycles. The van der Waals surface area contributed by atoms with Crippen molar-refractivity contribution in [3.63, 3.8) is 0 Å². The van der Waals surface area contributed by atoms with Crippen molar-refractivity contribution < 1.29 is 15.4 Å². The summed E-state index contributed by atoms with van der Waals surface area (Å²) >= 11 is 25.0. The van der Waals surface area contributed by atoms with E-state index < -0.39 is 0 Å². The quantitative estimate of drug-likeness (QED) is 0.282. The van der Waals surface area contributed by atoms with Gasteiger partial charge < -0.3 is 10.6 Å². The van der Waals surface area contributed by atoms with Gasteiger partial charge in [-0.25, -0.2) is 0 Å². The van der Waals surface area contributed by atoms with E-state index in [1.54, 1.807) is 0 Å². The second kappa shape index (κ2) is 10.7. The van der Waals surface area contributed by atoms with Gasteiger partial charge in [-0.2, -0.15) is 0 Å². The topological polar surface area (TPSA) is 50.3 Å². The number of nitrogens with two attached hydrogens (primary N) is 2. The van der Waals surface area contributed by atoms with E-state index in [2.05, 4.69) is 10.6 Å². The first-order chi connectivity index (χ1) is 18.4. The summed E-state index contributed by atoms with van der Waals surface area (Å²) in [4.78, 5) is 14.7. The van der Waals surface area contributed by atoms with Gasteiger partial charge in [-0.3, -0.25) is 4.79 Å². The highest BCUT2D eigenvalue weighted by Gasteiger charge is 2.60. The van der Waals surface area contributed by atoms with Gasteiger partial charge in [-0.1, -0.05) is 94.9 Å². The fourth-order valence-corrected chi connectivity index (χ4v) is 6.82. The lowest BCUT2D eigenvalue weighted by Gasteiger charge is -2.47. The lowest BCUT2D eigenvalue weighted by atomic mass is 9.64. The minimum atomic E-state index is -0.241. The molecule has 2 fully saturated rings. The molecule has 0 aromatic heterocycles. The number of benzene rings is 4.